The maximum atomic E-state index is 12.1. The molecule has 9 heteroatoms. The molecule has 1 aliphatic carbocycles. The molecule has 1 aromatic heterocycles. The fourth-order valence-electron chi connectivity index (χ4n) is 2.93. The third-order valence-electron chi connectivity index (χ3n) is 4.17. The van der Waals surface area contributed by atoms with E-state index in [-0.39, 0.29) is 19.0 Å². The second-order valence-electron chi connectivity index (χ2n) is 5.58. The Morgan fingerprint density at radius 3 is 2.70 bits per heavy atom. The molecule has 2 atom stereocenters. The van der Waals surface area contributed by atoms with Crippen molar-refractivity contribution in [3.05, 3.63) is 22.1 Å². The molecule has 0 amide bonds. The number of hydrogen-bond donors (Lipinski definition) is 1. The predicted molar refractivity (Wildman–Crippen MR) is 77.7 cm³/mol. The van der Waals surface area contributed by atoms with Gasteiger partial charge in [0.2, 0.25) is 0 Å². The van der Waals surface area contributed by atoms with Crippen LogP contribution in [0.2, 0.25) is 0 Å². The zero-order valence-electron chi connectivity index (χ0n) is 12.8. The zero-order chi connectivity index (χ0) is 17.0. The lowest BCUT2D eigenvalue weighted by Crippen LogP contribution is -2.34. The van der Waals surface area contributed by atoms with E-state index in [4.69, 9.17) is 4.74 Å². The van der Waals surface area contributed by atoms with Crippen molar-refractivity contribution in [2.75, 3.05) is 6.61 Å². The lowest BCUT2D eigenvalue weighted by Gasteiger charge is -2.26. The normalized spacial score (nSPS) is 20.9. The van der Waals surface area contributed by atoms with Crippen LogP contribution in [-0.4, -0.2) is 38.1 Å². The smallest absolute Gasteiger partial charge is 0.342 e. The van der Waals surface area contributed by atoms with Crippen LogP contribution in [0, 0.1) is 28.9 Å². The van der Waals surface area contributed by atoms with Crippen molar-refractivity contribution in [1.82, 2.24) is 9.55 Å². The summed E-state index contributed by atoms with van der Waals surface area (Å²) in [7, 11) is 0. The van der Waals surface area contributed by atoms with Crippen LogP contribution in [0.5, 0.6) is 0 Å². The standard InChI is InChI=1S/C14H19N3O6/c1-9-15-8-12(17(21)22)16(9)6-7-23-14(20)11-5-3-2-4-10(11)13(18)19/h8,10-11H,2-7H2,1H3,(H,18,19)/t10-,11-/m1/s1. The number of aliphatic carboxylic acids is 1. The van der Waals surface area contributed by atoms with Crippen LogP contribution in [0.15, 0.2) is 6.20 Å². The lowest BCUT2D eigenvalue weighted by atomic mass is 9.79. The zero-order valence-corrected chi connectivity index (χ0v) is 12.8. The molecule has 23 heavy (non-hydrogen) atoms. The van der Waals surface area contributed by atoms with Gasteiger partial charge in [-0.05, 0) is 17.8 Å². The molecule has 1 aromatic rings. The van der Waals surface area contributed by atoms with Crippen molar-refractivity contribution in [1.29, 1.82) is 0 Å². The summed E-state index contributed by atoms with van der Waals surface area (Å²) < 4.78 is 6.50. The number of carbonyl (C=O) groups is 2. The third-order valence-corrected chi connectivity index (χ3v) is 4.17. The average Bonchev–Trinajstić information content (AvgIpc) is 2.88. The van der Waals surface area contributed by atoms with Crippen molar-refractivity contribution < 1.29 is 24.4 Å². The Bertz CT molecular complexity index is 612. The summed E-state index contributed by atoms with van der Waals surface area (Å²) in [6.45, 7) is 1.68. The largest absolute Gasteiger partial charge is 0.481 e. The summed E-state index contributed by atoms with van der Waals surface area (Å²) in [5.74, 6) is -2.58. The summed E-state index contributed by atoms with van der Waals surface area (Å²) in [4.78, 5) is 37.5. The number of carboxylic acids is 1. The monoisotopic (exact) mass is 325 g/mol. The maximum absolute atomic E-state index is 12.1. The molecule has 0 radical (unpaired) electrons. The molecule has 1 fully saturated rings. The number of nitrogens with zero attached hydrogens (tertiary/aromatic N) is 3. The highest BCUT2D eigenvalue weighted by Crippen LogP contribution is 2.31. The summed E-state index contributed by atoms with van der Waals surface area (Å²) in [6.07, 6.45) is 3.72. The van der Waals surface area contributed by atoms with Crippen LogP contribution in [0.1, 0.15) is 31.5 Å². The SMILES string of the molecule is Cc1ncc([N+](=O)[O-])n1CCOC(=O)[C@@H]1CCCC[C@H]1C(=O)O. The number of carboxylic acid groups (broad SMARTS) is 1. The van der Waals surface area contributed by atoms with E-state index >= 15 is 0 Å². The molecule has 1 aliphatic rings. The average molecular weight is 325 g/mol. The van der Waals surface area contributed by atoms with Crippen LogP contribution in [-0.2, 0) is 20.9 Å². The Kier molecular flexibility index (Phi) is 5.30. The molecule has 9 nitrogen and oxygen atoms in total. The van der Waals surface area contributed by atoms with Gasteiger partial charge in [0.15, 0.2) is 5.82 Å². The van der Waals surface area contributed by atoms with Crippen LogP contribution in [0.25, 0.3) is 0 Å². The minimum absolute atomic E-state index is 0.0558. The van der Waals surface area contributed by atoms with E-state index < -0.39 is 28.7 Å². The molecule has 0 bridgehead atoms. The third kappa shape index (κ3) is 3.85. The predicted octanol–water partition coefficient (Wildman–Crippen LogP) is 1.53. The van der Waals surface area contributed by atoms with E-state index in [9.17, 15) is 24.8 Å². The molecule has 0 aliphatic heterocycles. The number of hydrogen-bond acceptors (Lipinski definition) is 6. The quantitative estimate of drug-likeness (QED) is 0.477. The molecule has 0 unspecified atom stereocenters. The Hall–Kier alpha value is -2.45. The van der Waals surface area contributed by atoms with Crippen LogP contribution >= 0.6 is 0 Å². The van der Waals surface area contributed by atoms with Crippen molar-refractivity contribution in [2.45, 2.75) is 39.2 Å². The second kappa shape index (κ2) is 7.21. The fourth-order valence-corrected chi connectivity index (χ4v) is 2.93. The summed E-state index contributed by atoms with van der Waals surface area (Å²) >= 11 is 0. The summed E-state index contributed by atoms with van der Waals surface area (Å²) in [5.41, 5.74) is 0. The van der Waals surface area contributed by atoms with Gasteiger partial charge >= 0.3 is 17.8 Å². The lowest BCUT2D eigenvalue weighted by molar-refractivity contribution is -0.392. The molecule has 2 rings (SSSR count). The summed E-state index contributed by atoms with van der Waals surface area (Å²) in [6, 6.07) is 0. The van der Waals surface area contributed by atoms with E-state index in [2.05, 4.69) is 4.98 Å². The van der Waals surface area contributed by atoms with Gasteiger partial charge in [-0.1, -0.05) is 12.8 Å². The molecular weight excluding hydrogens is 306 g/mol. The molecule has 0 aromatic carbocycles. The molecular formula is C14H19N3O6. The number of rotatable bonds is 6. The second-order valence-corrected chi connectivity index (χ2v) is 5.58. The van der Waals surface area contributed by atoms with Gasteiger partial charge in [-0.3, -0.25) is 9.59 Å². The van der Waals surface area contributed by atoms with Gasteiger partial charge in [0.1, 0.15) is 19.3 Å². The van der Waals surface area contributed by atoms with Gasteiger partial charge in [-0.15, -0.1) is 0 Å². The highest BCUT2D eigenvalue weighted by Gasteiger charge is 2.36. The van der Waals surface area contributed by atoms with Crippen molar-refractivity contribution >= 4 is 17.8 Å². The number of aromatic nitrogens is 2. The van der Waals surface area contributed by atoms with Gasteiger partial charge in [0, 0.05) is 6.92 Å². The minimum atomic E-state index is -0.979. The van der Waals surface area contributed by atoms with Gasteiger partial charge < -0.3 is 20.0 Å². The molecule has 0 spiro atoms. The first-order chi connectivity index (χ1) is 10.9. The summed E-state index contributed by atoms with van der Waals surface area (Å²) in [5, 5.41) is 20.0. The molecule has 126 valence electrons. The molecule has 1 heterocycles. The van der Waals surface area contributed by atoms with Crippen molar-refractivity contribution in [3.8, 4) is 0 Å². The van der Waals surface area contributed by atoms with Gasteiger partial charge in [0.25, 0.3) is 0 Å². The Balaban J connectivity index is 1.93. The number of ether oxygens (including phenoxy) is 1. The highest BCUT2D eigenvalue weighted by atomic mass is 16.6. The Morgan fingerprint density at radius 1 is 1.43 bits per heavy atom. The number of imidazole rings is 1. The van der Waals surface area contributed by atoms with Crippen LogP contribution in [0.4, 0.5) is 5.82 Å². The van der Waals surface area contributed by atoms with E-state index in [1.165, 1.54) is 4.57 Å². The van der Waals surface area contributed by atoms with E-state index in [1.54, 1.807) is 6.92 Å². The number of nitro groups is 1. The van der Waals surface area contributed by atoms with Crippen LogP contribution < -0.4 is 0 Å². The highest BCUT2D eigenvalue weighted by molar-refractivity contribution is 5.81. The fraction of sp³-hybridized carbons (Fsp3) is 0.643. The number of carbonyl (C=O) groups excluding carboxylic acids is 1. The van der Waals surface area contributed by atoms with Crippen LogP contribution in [0.3, 0.4) is 0 Å². The number of aryl methyl sites for hydroxylation is 1. The molecule has 0 saturated heterocycles. The maximum Gasteiger partial charge on any atom is 0.342 e. The first kappa shape index (κ1) is 16.9. The van der Waals surface area contributed by atoms with E-state index in [0.29, 0.717) is 18.7 Å². The van der Waals surface area contributed by atoms with Gasteiger partial charge in [0.05, 0.1) is 11.8 Å². The first-order valence-electron chi connectivity index (χ1n) is 7.47. The minimum Gasteiger partial charge on any atom is -0.481 e. The van der Waals surface area contributed by atoms with Gasteiger partial charge in [-0.2, -0.15) is 0 Å². The first-order valence-corrected chi connectivity index (χ1v) is 7.47. The van der Waals surface area contributed by atoms with Gasteiger partial charge in [-0.25, -0.2) is 9.55 Å². The number of esters is 1. The van der Waals surface area contributed by atoms with E-state index in [1.807, 2.05) is 0 Å². The Labute approximate surface area is 132 Å². The molecule has 1 saturated carbocycles. The van der Waals surface area contributed by atoms with Crippen molar-refractivity contribution in [3.63, 3.8) is 0 Å². The van der Waals surface area contributed by atoms with Crippen molar-refractivity contribution in [2.24, 2.45) is 11.8 Å². The topological polar surface area (TPSA) is 125 Å². The molecule has 1 N–H and O–H groups in total. The van der Waals surface area contributed by atoms with E-state index in [0.717, 1.165) is 19.0 Å². The Morgan fingerprint density at radius 2 is 2.09 bits per heavy atom.